The first kappa shape index (κ1) is 27.6. The van der Waals surface area contributed by atoms with Crippen LogP contribution in [-0.4, -0.2) is 56.5 Å². The second kappa shape index (κ2) is 11.4. The van der Waals surface area contributed by atoms with E-state index in [0.29, 0.717) is 41.6 Å². The Labute approximate surface area is 219 Å². The van der Waals surface area contributed by atoms with Gasteiger partial charge in [0.1, 0.15) is 22.6 Å². The summed E-state index contributed by atoms with van der Waals surface area (Å²) >= 11 is 8.86. The fourth-order valence-electron chi connectivity index (χ4n) is 3.30. The first-order chi connectivity index (χ1) is 16.4. The summed E-state index contributed by atoms with van der Waals surface area (Å²) in [6.45, 7) is 8.31. The zero-order chi connectivity index (χ0) is 25.8. The summed E-state index contributed by atoms with van der Waals surface area (Å²) in [5.74, 6) is 1.14. The highest BCUT2D eigenvalue weighted by molar-refractivity contribution is 8.01. The summed E-state index contributed by atoms with van der Waals surface area (Å²) in [5, 5.41) is 9.63. The van der Waals surface area contributed by atoms with Gasteiger partial charge in [-0.15, -0.1) is 23.1 Å². The topological polar surface area (TPSA) is 109 Å². The number of amides is 1. The third kappa shape index (κ3) is 7.75. The number of thioether (sulfide) groups is 1. The highest BCUT2D eigenvalue weighted by atomic mass is 35.5. The predicted octanol–water partition coefficient (Wildman–Crippen LogP) is 5.04. The summed E-state index contributed by atoms with van der Waals surface area (Å²) in [6, 6.07) is 8.90. The molecule has 0 aliphatic carbocycles. The zero-order valence-corrected chi connectivity index (χ0v) is 23.2. The Morgan fingerprint density at radius 3 is 2.80 bits per heavy atom. The Hall–Kier alpha value is -1.97. The van der Waals surface area contributed by atoms with Crippen LogP contribution in [0.25, 0.3) is 0 Å². The Bertz CT molecular complexity index is 1220. The van der Waals surface area contributed by atoms with Crippen LogP contribution in [0.1, 0.15) is 38.3 Å². The third-order valence-corrected chi connectivity index (χ3v) is 10.0. The Kier molecular flexibility index (Phi) is 8.99. The van der Waals surface area contributed by atoms with E-state index in [1.54, 1.807) is 37.8 Å². The van der Waals surface area contributed by atoms with Gasteiger partial charge >= 0.3 is 6.09 Å². The van der Waals surface area contributed by atoms with E-state index in [9.17, 15) is 18.5 Å². The molecule has 1 aliphatic rings. The fourth-order valence-corrected chi connectivity index (χ4v) is 7.90. The third-order valence-electron chi connectivity index (χ3n) is 4.78. The molecule has 1 amide bonds. The van der Waals surface area contributed by atoms with Crippen LogP contribution in [0.2, 0.25) is 5.02 Å². The number of rotatable bonds is 10. The lowest BCUT2D eigenvalue weighted by molar-refractivity contribution is 0.102. The summed E-state index contributed by atoms with van der Waals surface area (Å²) in [5.41, 5.74) is 0.821. The van der Waals surface area contributed by atoms with Gasteiger partial charge in [-0.05, 0) is 57.9 Å². The first-order valence-electron chi connectivity index (χ1n) is 10.9. The van der Waals surface area contributed by atoms with Gasteiger partial charge in [0.15, 0.2) is 6.10 Å². The van der Waals surface area contributed by atoms with Gasteiger partial charge in [-0.25, -0.2) is 17.9 Å². The summed E-state index contributed by atoms with van der Waals surface area (Å²) in [6.07, 6.45) is -0.137. The molecule has 0 bridgehead atoms. The molecule has 12 heteroatoms. The first-order valence-corrected chi connectivity index (χ1v) is 14.6. The number of halogens is 1. The van der Waals surface area contributed by atoms with Gasteiger partial charge in [-0.3, -0.25) is 0 Å². The molecule has 2 aromatic rings. The van der Waals surface area contributed by atoms with Gasteiger partial charge in [0, 0.05) is 17.8 Å². The van der Waals surface area contributed by atoms with Crippen molar-refractivity contribution < 1.29 is 22.7 Å². The second-order valence-electron chi connectivity index (χ2n) is 9.13. The van der Waals surface area contributed by atoms with Gasteiger partial charge in [-0.2, -0.15) is 5.26 Å². The van der Waals surface area contributed by atoms with E-state index < -0.39 is 27.8 Å². The van der Waals surface area contributed by atoms with E-state index in [1.807, 2.05) is 13.0 Å². The number of hydrogen-bond donors (Lipinski definition) is 1. The van der Waals surface area contributed by atoms with Gasteiger partial charge < -0.3 is 14.4 Å². The van der Waals surface area contributed by atoms with Crippen molar-refractivity contribution in [2.75, 3.05) is 25.4 Å². The highest BCUT2D eigenvalue weighted by Crippen LogP contribution is 2.38. The van der Waals surface area contributed by atoms with E-state index in [4.69, 9.17) is 21.1 Å². The number of hydrogen-bond acceptors (Lipinski definition) is 8. The number of thiophene rings is 1. The van der Waals surface area contributed by atoms with Gasteiger partial charge in [0.05, 0.1) is 21.3 Å². The molecular formula is C23H28ClN3O5S3. The van der Waals surface area contributed by atoms with Crippen LogP contribution in [0, 0.1) is 18.3 Å². The molecule has 0 saturated carbocycles. The van der Waals surface area contributed by atoms with Gasteiger partial charge in [-0.1, -0.05) is 17.7 Å². The molecule has 35 heavy (non-hydrogen) atoms. The van der Waals surface area contributed by atoms with Crippen LogP contribution in [0.4, 0.5) is 4.79 Å². The van der Waals surface area contributed by atoms with Gasteiger partial charge in [0.25, 0.3) is 10.0 Å². The average molecular weight is 558 g/mol. The standard InChI is InChI=1S/C23H28ClN3O5S3/c1-15-6-7-16(12-25)19(10-15)31-14-17-13-27(22(28)32-17)8-5-9-33-21-18(24)11-20(34-21)35(29,30)26-23(2,3)4/h6-7,10-11,17,26H,5,8-9,13-14H2,1-4H3/t17-/m0/s1. The van der Waals surface area contributed by atoms with E-state index >= 15 is 0 Å². The summed E-state index contributed by atoms with van der Waals surface area (Å²) in [4.78, 5) is 13.8. The lowest BCUT2D eigenvalue weighted by Gasteiger charge is -2.19. The molecule has 0 unspecified atom stereocenters. The molecule has 0 radical (unpaired) electrons. The molecule has 1 aliphatic heterocycles. The number of aryl methyl sites for hydroxylation is 1. The molecular weight excluding hydrogens is 530 g/mol. The minimum atomic E-state index is -3.64. The number of sulfonamides is 1. The van der Waals surface area contributed by atoms with Crippen molar-refractivity contribution in [3.05, 3.63) is 40.4 Å². The van der Waals surface area contributed by atoms with Crippen molar-refractivity contribution in [3.63, 3.8) is 0 Å². The van der Waals surface area contributed by atoms with E-state index in [2.05, 4.69) is 10.8 Å². The number of carbonyl (C=O) groups excluding carboxylic acids is 1. The maximum Gasteiger partial charge on any atom is 0.410 e. The minimum absolute atomic E-state index is 0.166. The number of ether oxygens (including phenoxy) is 2. The number of cyclic esters (lactones) is 1. The predicted molar refractivity (Wildman–Crippen MR) is 138 cm³/mol. The Balaban J connectivity index is 1.46. The average Bonchev–Trinajstić information content (AvgIpc) is 3.30. The molecule has 190 valence electrons. The molecule has 1 atom stereocenters. The molecule has 1 saturated heterocycles. The van der Waals surface area contributed by atoms with Crippen molar-refractivity contribution in [1.29, 1.82) is 5.26 Å². The van der Waals surface area contributed by atoms with Crippen LogP contribution in [0.15, 0.2) is 32.7 Å². The second-order valence-corrected chi connectivity index (χ2v) is 13.9. The monoisotopic (exact) mass is 557 g/mol. The molecule has 8 nitrogen and oxygen atoms in total. The van der Waals surface area contributed by atoms with Crippen molar-refractivity contribution in [2.24, 2.45) is 0 Å². The smallest absolute Gasteiger partial charge is 0.410 e. The number of nitrogens with zero attached hydrogens (tertiary/aromatic N) is 2. The summed E-state index contributed by atoms with van der Waals surface area (Å²) < 4.78 is 39.7. The Morgan fingerprint density at radius 2 is 2.11 bits per heavy atom. The largest absolute Gasteiger partial charge is 0.488 e. The molecule has 1 fully saturated rings. The lowest BCUT2D eigenvalue weighted by atomic mass is 10.1. The number of benzene rings is 1. The van der Waals surface area contributed by atoms with Crippen molar-refractivity contribution in [3.8, 4) is 11.8 Å². The van der Waals surface area contributed by atoms with E-state index in [0.717, 1.165) is 21.1 Å². The van der Waals surface area contributed by atoms with Crippen molar-refractivity contribution in [1.82, 2.24) is 9.62 Å². The van der Waals surface area contributed by atoms with Gasteiger partial charge in [0.2, 0.25) is 0 Å². The highest BCUT2D eigenvalue weighted by Gasteiger charge is 2.31. The van der Waals surface area contributed by atoms with Crippen LogP contribution >= 0.6 is 34.7 Å². The van der Waals surface area contributed by atoms with Crippen LogP contribution in [0.5, 0.6) is 5.75 Å². The molecule has 1 N–H and O–H groups in total. The SMILES string of the molecule is Cc1ccc(C#N)c(OC[C@@H]2CN(CCCSc3sc(S(=O)(=O)NC(C)(C)C)cc3Cl)C(=O)O2)c1. The van der Waals surface area contributed by atoms with Crippen LogP contribution in [0.3, 0.4) is 0 Å². The molecule has 0 spiro atoms. The summed E-state index contributed by atoms with van der Waals surface area (Å²) in [7, 11) is -3.64. The van der Waals surface area contributed by atoms with E-state index in [1.165, 1.54) is 17.8 Å². The molecule has 2 heterocycles. The lowest BCUT2D eigenvalue weighted by Crippen LogP contribution is -2.40. The molecule has 1 aromatic carbocycles. The van der Waals surface area contributed by atoms with Crippen LogP contribution in [-0.2, 0) is 14.8 Å². The van der Waals surface area contributed by atoms with Crippen molar-refractivity contribution in [2.45, 2.75) is 54.2 Å². The quantitative estimate of drug-likeness (QED) is 0.322. The van der Waals surface area contributed by atoms with E-state index in [-0.39, 0.29) is 10.8 Å². The van der Waals surface area contributed by atoms with Crippen molar-refractivity contribution >= 4 is 50.8 Å². The maximum absolute atomic E-state index is 12.5. The Morgan fingerprint density at radius 1 is 1.37 bits per heavy atom. The number of nitriles is 1. The van der Waals surface area contributed by atoms with Crippen LogP contribution < -0.4 is 9.46 Å². The number of carbonyl (C=O) groups is 1. The minimum Gasteiger partial charge on any atom is -0.488 e. The fraction of sp³-hybridized carbons (Fsp3) is 0.478. The number of nitrogens with one attached hydrogen (secondary N) is 1. The molecule has 1 aromatic heterocycles. The molecule has 3 rings (SSSR count). The normalized spacial score (nSPS) is 16.3. The maximum atomic E-state index is 12.5. The zero-order valence-electron chi connectivity index (χ0n) is 20.0.